The molecule has 0 aromatic heterocycles. The Morgan fingerprint density at radius 3 is 2.55 bits per heavy atom. The Morgan fingerprint density at radius 2 is 2.18 bits per heavy atom. The standard InChI is InChI=1S/C7H14O3S/c1-2-3-6(4-5-8)11-7(9)10/h6,8H,2-5H2,1H3,(H,9,10). The first-order chi connectivity index (χ1) is 5.20. The summed E-state index contributed by atoms with van der Waals surface area (Å²) in [5.41, 5.74) is 0. The van der Waals surface area contributed by atoms with E-state index in [1.165, 1.54) is 0 Å². The van der Waals surface area contributed by atoms with Gasteiger partial charge in [0, 0.05) is 11.9 Å². The summed E-state index contributed by atoms with van der Waals surface area (Å²) >= 11 is 0.905. The zero-order valence-electron chi connectivity index (χ0n) is 6.62. The van der Waals surface area contributed by atoms with Crippen LogP contribution in [0.4, 0.5) is 4.79 Å². The van der Waals surface area contributed by atoms with Crippen LogP contribution in [0.1, 0.15) is 26.2 Å². The molecular weight excluding hydrogens is 164 g/mol. The average molecular weight is 178 g/mol. The normalized spacial score (nSPS) is 12.9. The van der Waals surface area contributed by atoms with E-state index in [0.29, 0.717) is 6.42 Å². The Labute approximate surface area is 70.8 Å². The van der Waals surface area contributed by atoms with E-state index in [1.807, 2.05) is 6.92 Å². The molecule has 0 aliphatic carbocycles. The van der Waals surface area contributed by atoms with Crippen molar-refractivity contribution in [3.05, 3.63) is 0 Å². The third-order valence-corrected chi connectivity index (χ3v) is 2.34. The van der Waals surface area contributed by atoms with Gasteiger partial charge in [-0.1, -0.05) is 13.3 Å². The first-order valence-electron chi connectivity index (χ1n) is 3.71. The molecule has 0 saturated carbocycles. The molecule has 0 fully saturated rings. The first kappa shape index (κ1) is 10.8. The molecule has 1 atom stereocenters. The minimum Gasteiger partial charge on any atom is -0.473 e. The molecule has 0 radical (unpaired) electrons. The second-order valence-electron chi connectivity index (χ2n) is 2.31. The van der Waals surface area contributed by atoms with Crippen LogP contribution in [0.5, 0.6) is 0 Å². The SMILES string of the molecule is CCCC(CCO)SC(=O)O. The van der Waals surface area contributed by atoms with Crippen molar-refractivity contribution in [3.8, 4) is 0 Å². The zero-order valence-corrected chi connectivity index (χ0v) is 7.43. The van der Waals surface area contributed by atoms with Gasteiger partial charge in [0.25, 0.3) is 0 Å². The summed E-state index contributed by atoms with van der Waals surface area (Å²) in [6, 6.07) is 0. The van der Waals surface area contributed by atoms with Crippen molar-refractivity contribution in [2.75, 3.05) is 6.61 Å². The van der Waals surface area contributed by atoms with Crippen LogP contribution in [0.15, 0.2) is 0 Å². The van der Waals surface area contributed by atoms with Crippen LogP contribution in [-0.4, -0.2) is 27.4 Å². The Hall–Kier alpha value is -0.220. The highest BCUT2D eigenvalue weighted by molar-refractivity contribution is 8.13. The Morgan fingerprint density at radius 1 is 1.55 bits per heavy atom. The summed E-state index contributed by atoms with van der Waals surface area (Å²) in [5, 5.41) is 16.2. The van der Waals surface area contributed by atoms with Crippen LogP contribution in [0.3, 0.4) is 0 Å². The van der Waals surface area contributed by atoms with Gasteiger partial charge in [-0.15, -0.1) is 0 Å². The molecule has 0 rings (SSSR count). The van der Waals surface area contributed by atoms with Gasteiger partial charge in [0.1, 0.15) is 0 Å². The quantitative estimate of drug-likeness (QED) is 0.675. The molecule has 0 aliphatic rings. The fourth-order valence-corrected chi connectivity index (χ4v) is 1.73. The predicted molar refractivity (Wildman–Crippen MR) is 46.0 cm³/mol. The summed E-state index contributed by atoms with van der Waals surface area (Å²) in [4.78, 5) is 10.2. The molecule has 0 amide bonds. The molecule has 4 heteroatoms. The minimum absolute atomic E-state index is 0.0718. The van der Waals surface area contributed by atoms with E-state index in [9.17, 15) is 4.79 Å². The molecule has 0 aromatic carbocycles. The third kappa shape index (κ3) is 6.19. The first-order valence-corrected chi connectivity index (χ1v) is 4.59. The maximum absolute atomic E-state index is 10.2. The molecule has 0 aliphatic heterocycles. The molecule has 2 N–H and O–H groups in total. The van der Waals surface area contributed by atoms with Gasteiger partial charge in [0.05, 0.1) is 0 Å². The number of carboxylic acid groups (broad SMARTS) is 1. The van der Waals surface area contributed by atoms with Gasteiger partial charge in [0.15, 0.2) is 0 Å². The number of hydrogen-bond donors (Lipinski definition) is 2. The number of hydrogen-bond acceptors (Lipinski definition) is 3. The highest BCUT2D eigenvalue weighted by Crippen LogP contribution is 2.19. The van der Waals surface area contributed by atoms with Crippen LogP contribution < -0.4 is 0 Å². The lowest BCUT2D eigenvalue weighted by molar-refractivity contribution is 0.222. The van der Waals surface area contributed by atoms with Gasteiger partial charge in [-0.25, -0.2) is 4.79 Å². The Balaban J connectivity index is 3.59. The number of rotatable bonds is 5. The molecular formula is C7H14O3S. The maximum atomic E-state index is 10.2. The van der Waals surface area contributed by atoms with E-state index >= 15 is 0 Å². The molecule has 11 heavy (non-hydrogen) atoms. The van der Waals surface area contributed by atoms with Crippen molar-refractivity contribution in [2.24, 2.45) is 0 Å². The van der Waals surface area contributed by atoms with Gasteiger partial charge in [-0.3, -0.25) is 0 Å². The van der Waals surface area contributed by atoms with Crippen LogP contribution >= 0.6 is 11.8 Å². The Bertz CT molecular complexity index is 110. The van der Waals surface area contributed by atoms with E-state index in [0.717, 1.165) is 24.6 Å². The summed E-state index contributed by atoms with van der Waals surface area (Å²) < 4.78 is 0. The number of aliphatic hydroxyl groups excluding tert-OH is 1. The largest absolute Gasteiger partial charge is 0.473 e. The van der Waals surface area contributed by atoms with Crippen molar-refractivity contribution in [1.29, 1.82) is 0 Å². The molecule has 0 heterocycles. The highest BCUT2D eigenvalue weighted by atomic mass is 32.2. The molecule has 0 aromatic rings. The fraction of sp³-hybridized carbons (Fsp3) is 0.857. The molecule has 66 valence electrons. The van der Waals surface area contributed by atoms with Crippen molar-refractivity contribution < 1.29 is 15.0 Å². The van der Waals surface area contributed by atoms with E-state index in [2.05, 4.69) is 0 Å². The predicted octanol–water partition coefficient (Wildman–Crippen LogP) is 1.95. The van der Waals surface area contributed by atoms with Crippen molar-refractivity contribution in [2.45, 2.75) is 31.4 Å². The third-order valence-electron chi connectivity index (χ3n) is 1.33. The number of aliphatic hydroxyl groups is 1. The van der Waals surface area contributed by atoms with E-state index < -0.39 is 5.30 Å². The zero-order chi connectivity index (χ0) is 8.69. The molecule has 0 bridgehead atoms. The number of thioether (sulfide) groups is 1. The van der Waals surface area contributed by atoms with E-state index in [1.54, 1.807) is 0 Å². The second kappa shape index (κ2) is 6.49. The smallest absolute Gasteiger partial charge is 0.365 e. The number of carbonyl (C=O) groups is 1. The van der Waals surface area contributed by atoms with Gasteiger partial charge in [-0.2, -0.15) is 0 Å². The van der Waals surface area contributed by atoms with E-state index in [-0.39, 0.29) is 11.9 Å². The second-order valence-corrected chi connectivity index (χ2v) is 3.56. The van der Waals surface area contributed by atoms with Crippen LogP contribution in [0, 0.1) is 0 Å². The molecule has 0 saturated heterocycles. The van der Waals surface area contributed by atoms with Gasteiger partial charge in [-0.05, 0) is 24.6 Å². The van der Waals surface area contributed by atoms with Gasteiger partial charge < -0.3 is 10.2 Å². The summed E-state index contributed by atoms with van der Waals surface area (Å²) in [5.74, 6) is 0. The summed E-state index contributed by atoms with van der Waals surface area (Å²) in [6.45, 7) is 2.08. The Kier molecular flexibility index (Phi) is 6.36. The minimum atomic E-state index is -0.850. The highest BCUT2D eigenvalue weighted by Gasteiger charge is 2.11. The lowest BCUT2D eigenvalue weighted by Gasteiger charge is -2.09. The molecule has 3 nitrogen and oxygen atoms in total. The van der Waals surface area contributed by atoms with E-state index in [4.69, 9.17) is 10.2 Å². The van der Waals surface area contributed by atoms with Gasteiger partial charge in [0.2, 0.25) is 0 Å². The summed E-state index contributed by atoms with van der Waals surface area (Å²) in [6.07, 6.45) is 2.40. The lowest BCUT2D eigenvalue weighted by atomic mass is 10.2. The van der Waals surface area contributed by atoms with Crippen molar-refractivity contribution in [3.63, 3.8) is 0 Å². The molecule has 0 spiro atoms. The van der Waals surface area contributed by atoms with Crippen LogP contribution in [-0.2, 0) is 0 Å². The average Bonchev–Trinajstić information content (AvgIpc) is 1.87. The van der Waals surface area contributed by atoms with Gasteiger partial charge >= 0.3 is 5.30 Å². The van der Waals surface area contributed by atoms with Crippen molar-refractivity contribution in [1.82, 2.24) is 0 Å². The monoisotopic (exact) mass is 178 g/mol. The lowest BCUT2D eigenvalue weighted by Crippen LogP contribution is -2.07. The summed E-state index contributed by atoms with van der Waals surface area (Å²) in [7, 11) is 0. The maximum Gasteiger partial charge on any atom is 0.365 e. The topological polar surface area (TPSA) is 57.5 Å². The van der Waals surface area contributed by atoms with Crippen LogP contribution in [0.25, 0.3) is 0 Å². The molecule has 1 unspecified atom stereocenters. The van der Waals surface area contributed by atoms with Crippen molar-refractivity contribution >= 4 is 17.1 Å². The van der Waals surface area contributed by atoms with Crippen LogP contribution in [0.2, 0.25) is 0 Å². The fourth-order valence-electron chi connectivity index (χ4n) is 0.871.